The number of rotatable bonds is 4. The summed E-state index contributed by atoms with van der Waals surface area (Å²) in [5.41, 5.74) is 0. The van der Waals surface area contributed by atoms with Crippen LogP contribution < -0.4 is 0 Å². The Hall–Kier alpha value is -1.26. The van der Waals surface area contributed by atoms with Gasteiger partial charge in [0, 0.05) is 20.1 Å². The fraction of sp³-hybridized carbons (Fsp3) is 0.867. The molecule has 1 saturated carbocycles. The molecule has 0 bridgehead atoms. The second kappa shape index (κ2) is 6.02. The molecule has 1 N–H and O–H groups in total. The molecule has 2 fully saturated rings. The minimum absolute atomic E-state index is 0.118. The molecule has 3 atom stereocenters. The van der Waals surface area contributed by atoms with E-state index in [2.05, 4.69) is 13.8 Å². The monoisotopic (exact) mass is 282 g/mol. The van der Waals surface area contributed by atoms with Crippen molar-refractivity contribution in [3.63, 3.8) is 0 Å². The van der Waals surface area contributed by atoms with Gasteiger partial charge in [-0.1, -0.05) is 20.3 Å². The van der Waals surface area contributed by atoms with E-state index in [0.29, 0.717) is 24.9 Å². The van der Waals surface area contributed by atoms with Gasteiger partial charge in [0.05, 0.1) is 0 Å². The van der Waals surface area contributed by atoms with Gasteiger partial charge in [-0.25, -0.2) is 9.59 Å². The van der Waals surface area contributed by atoms with Crippen LogP contribution in [-0.2, 0) is 4.79 Å². The predicted molar refractivity (Wildman–Crippen MR) is 76.4 cm³/mol. The largest absolute Gasteiger partial charge is 0.480 e. The number of nitrogens with zero attached hydrogens (tertiary/aromatic N) is 2. The maximum atomic E-state index is 12.5. The Labute approximate surface area is 120 Å². The van der Waals surface area contributed by atoms with Crippen LogP contribution in [0.1, 0.15) is 39.5 Å². The van der Waals surface area contributed by atoms with E-state index in [1.807, 2.05) is 0 Å². The lowest BCUT2D eigenvalue weighted by molar-refractivity contribution is -0.142. The highest BCUT2D eigenvalue weighted by molar-refractivity contribution is 5.83. The summed E-state index contributed by atoms with van der Waals surface area (Å²) in [5.74, 6) is 0.247. The predicted octanol–water partition coefficient (Wildman–Crippen LogP) is 2.27. The molecular weight excluding hydrogens is 256 g/mol. The number of carboxylic acids is 1. The summed E-state index contributed by atoms with van der Waals surface area (Å²) >= 11 is 0. The molecule has 1 heterocycles. The van der Waals surface area contributed by atoms with Crippen molar-refractivity contribution in [1.82, 2.24) is 9.80 Å². The van der Waals surface area contributed by atoms with Crippen LogP contribution in [0.15, 0.2) is 0 Å². The third-order valence-corrected chi connectivity index (χ3v) is 4.76. The molecule has 1 saturated heterocycles. The van der Waals surface area contributed by atoms with E-state index in [0.717, 1.165) is 25.7 Å². The van der Waals surface area contributed by atoms with Gasteiger partial charge in [-0.05, 0) is 37.0 Å². The van der Waals surface area contributed by atoms with E-state index in [4.69, 9.17) is 0 Å². The number of hydrogen-bond donors (Lipinski definition) is 1. The number of likely N-dealkylation sites (tertiary alicyclic amines) is 1. The third kappa shape index (κ3) is 2.91. The van der Waals surface area contributed by atoms with Gasteiger partial charge in [-0.3, -0.25) is 0 Å². The molecule has 2 amide bonds. The molecule has 0 aromatic carbocycles. The van der Waals surface area contributed by atoms with Gasteiger partial charge in [0.2, 0.25) is 0 Å². The zero-order chi connectivity index (χ0) is 14.9. The number of carbonyl (C=O) groups excluding carboxylic acids is 1. The maximum Gasteiger partial charge on any atom is 0.326 e. The van der Waals surface area contributed by atoms with E-state index in [1.54, 1.807) is 16.8 Å². The number of urea groups is 1. The van der Waals surface area contributed by atoms with E-state index >= 15 is 0 Å². The van der Waals surface area contributed by atoms with Crippen molar-refractivity contribution < 1.29 is 14.7 Å². The Kier molecular flexibility index (Phi) is 4.55. The summed E-state index contributed by atoms with van der Waals surface area (Å²) < 4.78 is 0. The fourth-order valence-corrected chi connectivity index (χ4v) is 3.59. The van der Waals surface area contributed by atoms with Gasteiger partial charge in [0.15, 0.2) is 0 Å². The molecule has 20 heavy (non-hydrogen) atoms. The van der Waals surface area contributed by atoms with Crippen LogP contribution in [0.25, 0.3) is 0 Å². The Morgan fingerprint density at radius 3 is 2.65 bits per heavy atom. The van der Waals surface area contributed by atoms with Crippen molar-refractivity contribution >= 4 is 12.0 Å². The minimum atomic E-state index is -0.843. The number of amides is 2. The van der Waals surface area contributed by atoms with Gasteiger partial charge in [0.25, 0.3) is 0 Å². The average Bonchev–Trinajstić information content (AvgIpc) is 2.93. The van der Waals surface area contributed by atoms with Gasteiger partial charge in [-0.2, -0.15) is 0 Å². The first-order valence-electron chi connectivity index (χ1n) is 7.66. The highest BCUT2D eigenvalue weighted by Crippen LogP contribution is 2.42. The van der Waals surface area contributed by atoms with E-state index in [1.165, 1.54) is 0 Å². The van der Waals surface area contributed by atoms with Crippen molar-refractivity contribution in [2.45, 2.75) is 45.6 Å². The molecule has 114 valence electrons. The van der Waals surface area contributed by atoms with Gasteiger partial charge in [-0.15, -0.1) is 0 Å². The van der Waals surface area contributed by atoms with E-state index in [9.17, 15) is 14.7 Å². The average molecular weight is 282 g/mol. The number of carbonyl (C=O) groups is 2. The van der Waals surface area contributed by atoms with E-state index in [-0.39, 0.29) is 11.9 Å². The zero-order valence-electron chi connectivity index (χ0n) is 12.7. The summed E-state index contributed by atoms with van der Waals surface area (Å²) in [6.45, 7) is 5.55. The number of hydrogen-bond acceptors (Lipinski definition) is 2. The Balaban J connectivity index is 2.03. The van der Waals surface area contributed by atoms with Crippen LogP contribution in [0.5, 0.6) is 0 Å². The lowest BCUT2D eigenvalue weighted by atomic mass is 9.94. The second-order valence-corrected chi connectivity index (χ2v) is 6.68. The number of fused-ring (bicyclic) bond motifs is 1. The molecule has 0 radical (unpaired) electrons. The molecule has 5 nitrogen and oxygen atoms in total. The van der Waals surface area contributed by atoms with Crippen molar-refractivity contribution in [3.05, 3.63) is 0 Å². The summed E-state index contributed by atoms with van der Waals surface area (Å²) in [4.78, 5) is 27.3. The normalized spacial score (nSPS) is 28.8. The van der Waals surface area contributed by atoms with Crippen LogP contribution in [-0.4, -0.2) is 53.1 Å². The SMILES string of the molecule is CC(C)CCN(C)C(=O)N1CC2CCCC2C1C(=O)O. The molecule has 1 aliphatic heterocycles. The highest BCUT2D eigenvalue weighted by Gasteiger charge is 2.50. The zero-order valence-corrected chi connectivity index (χ0v) is 12.7. The summed E-state index contributed by atoms with van der Waals surface area (Å²) in [7, 11) is 1.78. The Morgan fingerprint density at radius 1 is 1.35 bits per heavy atom. The lowest BCUT2D eigenvalue weighted by Gasteiger charge is -2.29. The molecular formula is C15H26N2O3. The molecule has 2 aliphatic rings. The van der Waals surface area contributed by atoms with Crippen molar-refractivity contribution in [3.8, 4) is 0 Å². The van der Waals surface area contributed by atoms with Crippen molar-refractivity contribution in [2.24, 2.45) is 17.8 Å². The minimum Gasteiger partial charge on any atom is -0.480 e. The Morgan fingerprint density at radius 2 is 2.05 bits per heavy atom. The number of carboxylic acid groups (broad SMARTS) is 1. The first-order valence-corrected chi connectivity index (χ1v) is 7.66. The van der Waals surface area contributed by atoms with Crippen molar-refractivity contribution in [2.75, 3.05) is 20.1 Å². The van der Waals surface area contributed by atoms with Gasteiger partial charge in [0.1, 0.15) is 6.04 Å². The van der Waals surface area contributed by atoms with Crippen LogP contribution >= 0.6 is 0 Å². The van der Waals surface area contributed by atoms with Crippen LogP contribution in [0.3, 0.4) is 0 Å². The quantitative estimate of drug-likeness (QED) is 0.860. The molecule has 0 spiro atoms. The molecule has 2 rings (SSSR count). The summed E-state index contributed by atoms with van der Waals surface area (Å²) in [6, 6.07) is -0.732. The number of aliphatic carboxylic acids is 1. The maximum absolute atomic E-state index is 12.5. The topological polar surface area (TPSA) is 60.9 Å². The Bertz CT molecular complexity index is 383. The molecule has 1 aliphatic carbocycles. The van der Waals surface area contributed by atoms with Gasteiger partial charge >= 0.3 is 12.0 Å². The summed E-state index contributed by atoms with van der Waals surface area (Å²) in [6.07, 6.45) is 4.06. The fourth-order valence-electron chi connectivity index (χ4n) is 3.59. The smallest absolute Gasteiger partial charge is 0.326 e. The third-order valence-electron chi connectivity index (χ3n) is 4.76. The first-order chi connectivity index (χ1) is 9.41. The molecule has 0 aromatic rings. The van der Waals surface area contributed by atoms with Gasteiger partial charge < -0.3 is 14.9 Å². The lowest BCUT2D eigenvalue weighted by Crippen LogP contribution is -2.48. The molecule has 5 heteroatoms. The van der Waals surface area contributed by atoms with Crippen LogP contribution in [0.2, 0.25) is 0 Å². The summed E-state index contributed by atoms with van der Waals surface area (Å²) in [5, 5.41) is 9.47. The molecule has 3 unspecified atom stereocenters. The highest BCUT2D eigenvalue weighted by atomic mass is 16.4. The second-order valence-electron chi connectivity index (χ2n) is 6.68. The first kappa shape index (κ1) is 15.1. The van der Waals surface area contributed by atoms with Crippen molar-refractivity contribution in [1.29, 1.82) is 0 Å². The van der Waals surface area contributed by atoms with Crippen LogP contribution in [0, 0.1) is 17.8 Å². The van der Waals surface area contributed by atoms with Crippen LogP contribution in [0.4, 0.5) is 4.79 Å². The van der Waals surface area contributed by atoms with E-state index < -0.39 is 12.0 Å². The molecule has 0 aromatic heterocycles. The standard InChI is InChI=1S/C15H26N2O3/c1-10(2)7-8-16(3)15(20)17-9-11-5-4-6-12(11)13(17)14(18)19/h10-13H,4-9H2,1-3H3,(H,18,19).